The van der Waals surface area contributed by atoms with E-state index in [4.69, 9.17) is 23.7 Å². The van der Waals surface area contributed by atoms with E-state index < -0.39 is 0 Å². The fraction of sp³-hybridized carbons (Fsp3) is 0.429. The average molecular weight is 631 g/mol. The van der Waals surface area contributed by atoms with Crippen LogP contribution in [0.15, 0.2) is 78.9 Å². The Kier molecular flexibility index (Phi) is 7.15. The zero-order chi connectivity index (χ0) is 32.6. The second kappa shape index (κ2) is 10.9. The fourth-order valence-electron chi connectivity index (χ4n) is 7.99. The molecule has 0 radical (unpaired) electrons. The minimum Gasteiger partial charge on any atom is -0.492 e. The summed E-state index contributed by atoms with van der Waals surface area (Å²) < 4.78 is 31.6. The predicted molar refractivity (Wildman–Crippen MR) is 190 cm³/mol. The van der Waals surface area contributed by atoms with Crippen LogP contribution < -0.4 is 9.47 Å². The number of hydrogen-bond acceptors (Lipinski definition) is 5. The third-order valence-electron chi connectivity index (χ3n) is 10.7. The summed E-state index contributed by atoms with van der Waals surface area (Å²) in [5, 5.41) is 6.90. The molecule has 3 saturated heterocycles. The van der Waals surface area contributed by atoms with Crippen molar-refractivity contribution in [2.75, 3.05) is 46.2 Å². The van der Waals surface area contributed by atoms with E-state index in [9.17, 15) is 0 Å². The molecule has 3 aliphatic heterocycles. The molecule has 0 N–H and O–H groups in total. The summed E-state index contributed by atoms with van der Waals surface area (Å²) in [5.74, 6) is 1.87. The molecule has 0 saturated carbocycles. The first kappa shape index (κ1) is 30.7. The topological polar surface area (TPSA) is 46.2 Å². The van der Waals surface area contributed by atoms with E-state index in [-0.39, 0.29) is 27.8 Å². The lowest BCUT2D eigenvalue weighted by Crippen LogP contribution is -2.63. The Hall–Kier alpha value is -3.64. The molecule has 3 heterocycles. The van der Waals surface area contributed by atoms with Gasteiger partial charge in [-0.05, 0) is 33.2 Å². The van der Waals surface area contributed by atoms with Crippen LogP contribution in [0.25, 0.3) is 43.4 Å². The van der Waals surface area contributed by atoms with Gasteiger partial charge in [0, 0.05) is 32.7 Å². The number of rotatable bonds is 8. The summed E-state index contributed by atoms with van der Waals surface area (Å²) in [5.41, 5.74) is 3.27. The summed E-state index contributed by atoms with van der Waals surface area (Å²) in [4.78, 5) is 0. The maximum Gasteiger partial charge on any atom is 0.135 e. The van der Waals surface area contributed by atoms with E-state index in [1.165, 1.54) is 16.5 Å². The Morgan fingerprint density at radius 1 is 0.638 bits per heavy atom. The molecule has 0 bridgehead atoms. The molecule has 0 aromatic heterocycles. The highest BCUT2D eigenvalue weighted by atomic mass is 16.5. The smallest absolute Gasteiger partial charge is 0.135 e. The van der Waals surface area contributed by atoms with Gasteiger partial charge in [-0.15, -0.1) is 0 Å². The van der Waals surface area contributed by atoms with Gasteiger partial charge in [0.1, 0.15) is 17.6 Å². The highest BCUT2D eigenvalue weighted by molar-refractivity contribution is 6.19. The zero-order valence-corrected chi connectivity index (χ0v) is 28.6. The van der Waals surface area contributed by atoms with Crippen LogP contribution in [0, 0.1) is 16.2 Å². The van der Waals surface area contributed by atoms with E-state index in [1.807, 2.05) is 0 Å². The second-order valence-corrected chi connectivity index (χ2v) is 16.3. The third-order valence-corrected chi connectivity index (χ3v) is 10.7. The molecule has 244 valence electrons. The number of ether oxygens (including phenoxy) is 5. The lowest BCUT2D eigenvalue weighted by Gasteiger charge is -2.54. The van der Waals surface area contributed by atoms with Crippen LogP contribution in [0.3, 0.4) is 0 Å². The zero-order valence-electron chi connectivity index (χ0n) is 28.6. The highest BCUT2D eigenvalue weighted by Gasteiger charge is 2.55. The van der Waals surface area contributed by atoms with Crippen molar-refractivity contribution in [3.8, 4) is 22.6 Å². The molecule has 0 atom stereocenters. The molecule has 3 fully saturated rings. The van der Waals surface area contributed by atoms with E-state index in [0.29, 0.717) is 33.0 Å². The fourth-order valence-corrected chi connectivity index (χ4v) is 7.99. The van der Waals surface area contributed by atoms with Gasteiger partial charge < -0.3 is 23.7 Å². The maximum absolute atomic E-state index is 7.49. The van der Waals surface area contributed by atoms with Gasteiger partial charge in [0.25, 0.3) is 0 Å². The summed E-state index contributed by atoms with van der Waals surface area (Å²) in [6, 6.07) is 28.6. The van der Waals surface area contributed by atoms with Crippen molar-refractivity contribution in [1.82, 2.24) is 0 Å². The predicted octanol–water partition coefficient (Wildman–Crippen LogP) is 9.35. The van der Waals surface area contributed by atoms with Gasteiger partial charge in [-0.3, -0.25) is 0 Å². The SMILES string of the molecule is CC1(COc2c3ccccc3c(-c3ccc4ccccc4c3OC(C3(C)COC3)C3(C)COC3)c3c(C(C)(C)C)cccc23)COC1. The Morgan fingerprint density at radius 3 is 1.83 bits per heavy atom. The van der Waals surface area contributed by atoms with Crippen molar-refractivity contribution in [1.29, 1.82) is 0 Å². The van der Waals surface area contributed by atoms with Crippen molar-refractivity contribution < 1.29 is 23.7 Å². The quantitative estimate of drug-likeness (QED) is 0.160. The van der Waals surface area contributed by atoms with Crippen LogP contribution >= 0.6 is 0 Å². The highest BCUT2D eigenvalue weighted by Crippen LogP contribution is 2.53. The molecule has 5 nitrogen and oxygen atoms in total. The maximum atomic E-state index is 7.49. The summed E-state index contributed by atoms with van der Waals surface area (Å²) >= 11 is 0. The lowest BCUT2D eigenvalue weighted by molar-refractivity contribution is -0.236. The minimum absolute atomic E-state index is 0.0187. The monoisotopic (exact) mass is 630 g/mol. The molecule has 0 aliphatic carbocycles. The first-order valence-electron chi connectivity index (χ1n) is 17.0. The normalized spacial score (nSPS) is 19.7. The molecule has 0 unspecified atom stereocenters. The standard InChI is InChI=1S/C42H46O5/c1-39(2,3)33-17-11-16-31-35(33)34(29-14-9-10-15-30(29)36(31)46-22-40(4)20-43-21-40)32-19-18-27-12-7-8-13-28(27)37(32)47-38(41(5)23-44-24-41)42(6)25-45-26-42/h7-19,38H,20-26H2,1-6H3. The Morgan fingerprint density at radius 2 is 1.23 bits per heavy atom. The van der Waals surface area contributed by atoms with Gasteiger partial charge in [-0.1, -0.05) is 114 Å². The number of fused-ring (bicyclic) bond motifs is 3. The summed E-state index contributed by atoms with van der Waals surface area (Å²) in [6.45, 7) is 18.5. The van der Waals surface area contributed by atoms with Gasteiger partial charge in [-0.2, -0.15) is 0 Å². The Labute approximate surface area is 278 Å². The van der Waals surface area contributed by atoms with Gasteiger partial charge in [0.05, 0.1) is 57.1 Å². The molecule has 0 amide bonds. The van der Waals surface area contributed by atoms with Crippen LogP contribution in [-0.2, 0) is 19.6 Å². The number of benzene rings is 5. The van der Waals surface area contributed by atoms with Gasteiger partial charge in [0.2, 0.25) is 0 Å². The molecule has 8 rings (SSSR count). The van der Waals surface area contributed by atoms with Crippen LogP contribution in [0.1, 0.15) is 47.1 Å². The van der Waals surface area contributed by atoms with E-state index in [0.717, 1.165) is 57.2 Å². The van der Waals surface area contributed by atoms with Crippen molar-refractivity contribution in [3.63, 3.8) is 0 Å². The Bertz CT molecular complexity index is 1970. The Balaban J connectivity index is 1.43. The van der Waals surface area contributed by atoms with Crippen molar-refractivity contribution >= 4 is 32.3 Å². The molecule has 5 aromatic carbocycles. The average Bonchev–Trinajstić information content (AvgIpc) is 3.02. The third kappa shape index (κ3) is 5.01. The van der Waals surface area contributed by atoms with E-state index in [2.05, 4.69) is 120 Å². The minimum atomic E-state index is -0.115. The first-order chi connectivity index (χ1) is 22.5. The van der Waals surface area contributed by atoms with Crippen LogP contribution in [0.4, 0.5) is 0 Å². The van der Waals surface area contributed by atoms with Crippen molar-refractivity contribution in [2.45, 2.75) is 53.1 Å². The van der Waals surface area contributed by atoms with Gasteiger partial charge in [0.15, 0.2) is 0 Å². The van der Waals surface area contributed by atoms with Crippen molar-refractivity contribution in [2.24, 2.45) is 16.2 Å². The summed E-state index contributed by atoms with van der Waals surface area (Å²) in [6.07, 6.45) is -0.0743. The lowest BCUT2D eigenvalue weighted by atomic mass is 9.67. The van der Waals surface area contributed by atoms with Gasteiger partial charge >= 0.3 is 0 Å². The van der Waals surface area contributed by atoms with Crippen LogP contribution in [0.2, 0.25) is 0 Å². The summed E-state index contributed by atoms with van der Waals surface area (Å²) in [7, 11) is 0. The first-order valence-corrected chi connectivity index (χ1v) is 17.0. The molecule has 3 aliphatic rings. The van der Waals surface area contributed by atoms with Crippen molar-refractivity contribution in [3.05, 3.63) is 84.4 Å². The molecule has 5 aromatic rings. The number of hydrogen-bond donors (Lipinski definition) is 0. The van der Waals surface area contributed by atoms with E-state index in [1.54, 1.807) is 0 Å². The molecule has 0 spiro atoms. The molecular weight excluding hydrogens is 584 g/mol. The largest absolute Gasteiger partial charge is 0.492 e. The van der Waals surface area contributed by atoms with Crippen LogP contribution in [0.5, 0.6) is 11.5 Å². The van der Waals surface area contributed by atoms with Crippen LogP contribution in [-0.4, -0.2) is 52.4 Å². The van der Waals surface area contributed by atoms with Gasteiger partial charge in [-0.25, -0.2) is 0 Å². The molecule has 5 heteroatoms. The molecular formula is C42H46O5. The van der Waals surface area contributed by atoms with E-state index >= 15 is 0 Å². The molecule has 47 heavy (non-hydrogen) atoms. The second-order valence-electron chi connectivity index (χ2n) is 16.3.